The molecule has 1 heterocycles. The van der Waals surface area contributed by atoms with E-state index in [1.54, 1.807) is 37.6 Å². The summed E-state index contributed by atoms with van der Waals surface area (Å²) in [6.07, 6.45) is 1.57. The lowest BCUT2D eigenvalue weighted by molar-refractivity contribution is -0.116. The summed E-state index contributed by atoms with van der Waals surface area (Å²) in [5.74, 6) is 0.834. The Morgan fingerprint density at radius 3 is 2.50 bits per heavy atom. The minimum Gasteiger partial charge on any atom is -0.493 e. The van der Waals surface area contributed by atoms with Crippen molar-refractivity contribution in [1.82, 2.24) is 4.57 Å². The molecule has 2 aromatic rings. The lowest BCUT2D eigenvalue weighted by Gasteiger charge is -2.14. The first-order valence-corrected chi connectivity index (χ1v) is 6.73. The van der Waals surface area contributed by atoms with Crippen LogP contribution < -0.4 is 20.3 Å². The largest absolute Gasteiger partial charge is 0.493 e. The van der Waals surface area contributed by atoms with Crippen molar-refractivity contribution < 1.29 is 14.3 Å². The van der Waals surface area contributed by atoms with Crippen molar-refractivity contribution in [2.45, 2.75) is 13.5 Å². The first-order chi connectivity index (χ1) is 10.5. The van der Waals surface area contributed by atoms with Crippen LogP contribution >= 0.6 is 0 Å². The van der Waals surface area contributed by atoms with Crippen LogP contribution in [-0.4, -0.2) is 24.7 Å². The van der Waals surface area contributed by atoms with Gasteiger partial charge >= 0.3 is 0 Å². The summed E-state index contributed by atoms with van der Waals surface area (Å²) >= 11 is 0. The maximum absolute atomic E-state index is 12.1. The molecular weight excluding hydrogens is 284 g/mol. The molecule has 6 nitrogen and oxygen atoms in total. The molecule has 1 N–H and O–H groups in total. The Morgan fingerprint density at radius 1 is 1.18 bits per heavy atom. The summed E-state index contributed by atoms with van der Waals surface area (Å²) in [6.45, 7) is 1.81. The second kappa shape index (κ2) is 6.80. The number of carbonyl (C=O) groups is 1. The molecule has 0 unspecified atom stereocenters. The molecule has 0 spiro atoms. The van der Waals surface area contributed by atoms with Crippen molar-refractivity contribution >= 4 is 11.6 Å². The van der Waals surface area contributed by atoms with E-state index in [-0.39, 0.29) is 18.0 Å². The van der Waals surface area contributed by atoms with Crippen LogP contribution in [0.1, 0.15) is 5.56 Å². The van der Waals surface area contributed by atoms with E-state index in [1.165, 1.54) is 17.7 Å². The van der Waals surface area contributed by atoms with Crippen LogP contribution in [0, 0.1) is 6.92 Å². The van der Waals surface area contributed by atoms with Crippen molar-refractivity contribution in [3.63, 3.8) is 0 Å². The number of methoxy groups -OCH3 is 2. The van der Waals surface area contributed by atoms with Gasteiger partial charge in [0.1, 0.15) is 6.54 Å². The number of amides is 1. The van der Waals surface area contributed by atoms with Gasteiger partial charge in [0.25, 0.3) is 5.56 Å². The average molecular weight is 302 g/mol. The lowest BCUT2D eigenvalue weighted by Crippen LogP contribution is -2.26. The maximum atomic E-state index is 12.1. The standard InChI is InChI=1S/C16H18N2O4/c1-11-8-13(21-2)14(22-3)9-12(11)17-15(19)10-18-7-5-4-6-16(18)20/h4-9H,10H2,1-3H3,(H,17,19). The summed E-state index contributed by atoms with van der Waals surface area (Å²) in [4.78, 5) is 23.7. The van der Waals surface area contributed by atoms with E-state index >= 15 is 0 Å². The maximum Gasteiger partial charge on any atom is 0.250 e. The number of nitrogens with zero attached hydrogens (tertiary/aromatic N) is 1. The van der Waals surface area contributed by atoms with Gasteiger partial charge in [0.05, 0.1) is 14.2 Å². The van der Waals surface area contributed by atoms with E-state index in [9.17, 15) is 9.59 Å². The van der Waals surface area contributed by atoms with Crippen LogP contribution in [0.15, 0.2) is 41.3 Å². The van der Waals surface area contributed by atoms with Crippen LogP contribution in [0.2, 0.25) is 0 Å². The molecule has 0 bridgehead atoms. The van der Waals surface area contributed by atoms with E-state index in [2.05, 4.69) is 5.32 Å². The average Bonchev–Trinajstić information content (AvgIpc) is 2.51. The highest BCUT2D eigenvalue weighted by Gasteiger charge is 2.11. The third kappa shape index (κ3) is 3.46. The second-order valence-electron chi connectivity index (χ2n) is 4.74. The molecule has 22 heavy (non-hydrogen) atoms. The van der Waals surface area contributed by atoms with Crippen molar-refractivity contribution in [3.05, 3.63) is 52.4 Å². The van der Waals surface area contributed by atoms with Gasteiger partial charge in [-0.3, -0.25) is 9.59 Å². The van der Waals surface area contributed by atoms with Crippen molar-refractivity contribution in [1.29, 1.82) is 0 Å². The van der Waals surface area contributed by atoms with E-state index in [4.69, 9.17) is 9.47 Å². The molecule has 6 heteroatoms. The zero-order chi connectivity index (χ0) is 16.1. The summed E-state index contributed by atoms with van der Waals surface area (Å²) in [6, 6.07) is 8.23. The first kappa shape index (κ1) is 15.6. The normalized spacial score (nSPS) is 10.1. The predicted molar refractivity (Wildman–Crippen MR) is 83.6 cm³/mol. The molecule has 116 valence electrons. The van der Waals surface area contributed by atoms with Gasteiger partial charge in [0.15, 0.2) is 11.5 Å². The van der Waals surface area contributed by atoms with Crippen LogP contribution in [0.4, 0.5) is 5.69 Å². The van der Waals surface area contributed by atoms with Gasteiger partial charge < -0.3 is 19.4 Å². The summed E-state index contributed by atoms with van der Waals surface area (Å²) in [7, 11) is 3.08. The molecule has 0 atom stereocenters. The number of ether oxygens (including phenoxy) is 2. The van der Waals surface area contributed by atoms with Gasteiger partial charge in [-0.1, -0.05) is 6.07 Å². The summed E-state index contributed by atoms with van der Waals surface area (Å²) in [5, 5.41) is 2.78. The topological polar surface area (TPSA) is 69.6 Å². The monoisotopic (exact) mass is 302 g/mol. The predicted octanol–water partition coefficient (Wildman–Crippen LogP) is 1.81. The molecule has 1 aromatic heterocycles. The van der Waals surface area contributed by atoms with Crippen LogP contribution in [-0.2, 0) is 11.3 Å². The number of rotatable bonds is 5. The molecule has 0 aliphatic heterocycles. The molecule has 1 amide bonds. The van der Waals surface area contributed by atoms with Crippen molar-refractivity contribution in [3.8, 4) is 11.5 Å². The lowest BCUT2D eigenvalue weighted by atomic mass is 10.1. The Kier molecular flexibility index (Phi) is 4.83. The Balaban J connectivity index is 2.18. The summed E-state index contributed by atoms with van der Waals surface area (Å²) < 4.78 is 11.8. The SMILES string of the molecule is COc1cc(C)c(NC(=O)Cn2ccccc2=O)cc1OC. The highest BCUT2D eigenvalue weighted by atomic mass is 16.5. The highest BCUT2D eigenvalue weighted by molar-refractivity contribution is 5.91. The number of aryl methyl sites for hydroxylation is 1. The molecule has 2 rings (SSSR count). The zero-order valence-corrected chi connectivity index (χ0v) is 12.8. The highest BCUT2D eigenvalue weighted by Crippen LogP contribution is 2.32. The van der Waals surface area contributed by atoms with E-state index in [0.717, 1.165) is 5.56 Å². The first-order valence-electron chi connectivity index (χ1n) is 6.73. The third-order valence-corrected chi connectivity index (χ3v) is 3.22. The number of nitrogens with one attached hydrogen (secondary N) is 1. The molecule has 0 aliphatic rings. The molecule has 0 aliphatic carbocycles. The second-order valence-corrected chi connectivity index (χ2v) is 4.74. The van der Waals surface area contributed by atoms with Gasteiger partial charge in [0.2, 0.25) is 5.91 Å². The number of anilines is 1. The van der Waals surface area contributed by atoms with Gasteiger partial charge in [-0.15, -0.1) is 0 Å². The summed E-state index contributed by atoms with van der Waals surface area (Å²) in [5.41, 5.74) is 1.24. The van der Waals surface area contributed by atoms with Gasteiger partial charge in [-0.25, -0.2) is 0 Å². The fourth-order valence-corrected chi connectivity index (χ4v) is 2.05. The Hall–Kier alpha value is -2.76. The fraction of sp³-hybridized carbons (Fsp3) is 0.250. The number of pyridine rings is 1. The number of hydrogen-bond donors (Lipinski definition) is 1. The smallest absolute Gasteiger partial charge is 0.250 e. The molecule has 1 aromatic carbocycles. The van der Waals surface area contributed by atoms with Crippen LogP contribution in [0.5, 0.6) is 11.5 Å². The number of carbonyl (C=O) groups excluding carboxylic acids is 1. The van der Waals surface area contributed by atoms with Crippen LogP contribution in [0.25, 0.3) is 0 Å². The number of hydrogen-bond acceptors (Lipinski definition) is 4. The van der Waals surface area contributed by atoms with E-state index in [0.29, 0.717) is 17.2 Å². The molecular formula is C16H18N2O4. The van der Waals surface area contributed by atoms with Gasteiger partial charge in [-0.2, -0.15) is 0 Å². The molecule has 0 saturated heterocycles. The van der Waals surface area contributed by atoms with E-state index < -0.39 is 0 Å². The quantitative estimate of drug-likeness (QED) is 0.914. The Bertz CT molecular complexity index is 737. The molecule has 0 saturated carbocycles. The number of benzene rings is 1. The minimum atomic E-state index is -0.288. The third-order valence-electron chi connectivity index (χ3n) is 3.22. The van der Waals surface area contributed by atoms with Gasteiger partial charge in [-0.05, 0) is 24.6 Å². The number of aromatic nitrogens is 1. The van der Waals surface area contributed by atoms with Gasteiger partial charge in [0, 0.05) is 24.0 Å². The zero-order valence-electron chi connectivity index (χ0n) is 12.8. The molecule has 0 radical (unpaired) electrons. The Labute approximate surface area is 128 Å². The van der Waals surface area contributed by atoms with Crippen molar-refractivity contribution in [2.75, 3.05) is 19.5 Å². The molecule has 0 fully saturated rings. The Morgan fingerprint density at radius 2 is 1.86 bits per heavy atom. The van der Waals surface area contributed by atoms with Crippen molar-refractivity contribution in [2.24, 2.45) is 0 Å². The minimum absolute atomic E-state index is 0.0482. The van der Waals surface area contributed by atoms with Crippen LogP contribution in [0.3, 0.4) is 0 Å². The fourth-order valence-electron chi connectivity index (χ4n) is 2.05. The van der Waals surface area contributed by atoms with E-state index in [1.807, 2.05) is 6.92 Å².